The van der Waals surface area contributed by atoms with Crippen LogP contribution in [-0.4, -0.2) is 45.3 Å². The number of amides is 1. The van der Waals surface area contributed by atoms with Crippen molar-refractivity contribution >= 4 is 11.7 Å². The van der Waals surface area contributed by atoms with Crippen molar-refractivity contribution in [3.05, 3.63) is 35.9 Å². The highest BCUT2D eigenvalue weighted by Crippen LogP contribution is 2.17. The summed E-state index contributed by atoms with van der Waals surface area (Å²) in [6.07, 6.45) is 3.39. The minimum atomic E-state index is -0.0893. The van der Waals surface area contributed by atoms with Gasteiger partial charge in [-0.3, -0.25) is 4.79 Å². The van der Waals surface area contributed by atoms with Crippen molar-refractivity contribution in [1.82, 2.24) is 20.3 Å². The van der Waals surface area contributed by atoms with Crippen LogP contribution >= 0.6 is 0 Å². The van der Waals surface area contributed by atoms with Crippen LogP contribution in [0.15, 0.2) is 28.9 Å². The molecule has 0 aliphatic carbocycles. The zero-order valence-electron chi connectivity index (χ0n) is 11.8. The van der Waals surface area contributed by atoms with Gasteiger partial charge in [0.05, 0.1) is 5.69 Å². The molecule has 0 bridgehead atoms. The van der Waals surface area contributed by atoms with E-state index in [1.807, 2.05) is 12.1 Å². The average Bonchev–Trinajstić information content (AvgIpc) is 2.95. The first-order valence-corrected chi connectivity index (χ1v) is 6.99. The Hall–Kier alpha value is -2.44. The molecular formula is C14H17N5O2. The second-order valence-electron chi connectivity index (χ2n) is 5.15. The van der Waals surface area contributed by atoms with Gasteiger partial charge in [0.15, 0.2) is 0 Å². The Labute approximate surface area is 122 Å². The summed E-state index contributed by atoms with van der Waals surface area (Å²) in [4.78, 5) is 14.0. The van der Waals surface area contributed by atoms with E-state index in [2.05, 4.69) is 20.7 Å². The number of nitrogens with one attached hydrogen (secondary N) is 1. The molecule has 1 amide bonds. The van der Waals surface area contributed by atoms with Gasteiger partial charge in [-0.05, 0) is 31.9 Å². The molecule has 3 heterocycles. The number of aryl methyl sites for hydroxylation is 1. The van der Waals surface area contributed by atoms with E-state index in [-0.39, 0.29) is 5.91 Å². The molecule has 0 radical (unpaired) electrons. The van der Waals surface area contributed by atoms with Gasteiger partial charge in [0, 0.05) is 31.4 Å². The quantitative estimate of drug-likeness (QED) is 0.920. The van der Waals surface area contributed by atoms with E-state index in [1.54, 1.807) is 24.1 Å². The zero-order chi connectivity index (χ0) is 14.7. The lowest BCUT2D eigenvalue weighted by Crippen LogP contribution is -2.42. The summed E-state index contributed by atoms with van der Waals surface area (Å²) in [7, 11) is 0. The number of carbonyl (C=O) groups is 1. The number of piperidine rings is 1. The van der Waals surface area contributed by atoms with Crippen LogP contribution in [0.4, 0.5) is 5.82 Å². The highest BCUT2D eigenvalue weighted by Gasteiger charge is 2.25. The Morgan fingerprint density at radius 3 is 2.86 bits per heavy atom. The van der Waals surface area contributed by atoms with Gasteiger partial charge >= 0.3 is 0 Å². The molecule has 0 atom stereocenters. The molecule has 1 N–H and O–H groups in total. The minimum absolute atomic E-state index is 0.0893. The van der Waals surface area contributed by atoms with Crippen LogP contribution in [0.25, 0.3) is 0 Å². The topological polar surface area (TPSA) is 84.2 Å². The van der Waals surface area contributed by atoms with E-state index in [1.165, 1.54) is 0 Å². The molecule has 1 aliphatic heterocycles. The molecule has 0 spiro atoms. The van der Waals surface area contributed by atoms with Crippen LogP contribution in [0.5, 0.6) is 0 Å². The van der Waals surface area contributed by atoms with Gasteiger partial charge in [0.2, 0.25) is 5.76 Å². The average molecular weight is 287 g/mol. The Morgan fingerprint density at radius 2 is 2.24 bits per heavy atom. The lowest BCUT2D eigenvalue weighted by molar-refractivity contribution is 0.0676. The molecule has 7 nitrogen and oxygen atoms in total. The normalized spacial score (nSPS) is 16.0. The maximum atomic E-state index is 12.2. The highest BCUT2D eigenvalue weighted by molar-refractivity contribution is 5.91. The molecule has 3 rings (SSSR count). The first kappa shape index (κ1) is 13.5. The van der Waals surface area contributed by atoms with Gasteiger partial charge in [-0.2, -0.15) is 5.10 Å². The van der Waals surface area contributed by atoms with Gasteiger partial charge in [-0.15, -0.1) is 5.10 Å². The monoisotopic (exact) mass is 287 g/mol. The van der Waals surface area contributed by atoms with E-state index in [0.29, 0.717) is 24.9 Å². The third-order valence-electron chi connectivity index (χ3n) is 3.55. The summed E-state index contributed by atoms with van der Waals surface area (Å²) in [5.41, 5.74) is 0.720. The van der Waals surface area contributed by atoms with Crippen molar-refractivity contribution < 1.29 is 9.32 Å². The van der Waals surface area contributed by atoms with E-state index < -0.39 is 0 Å². The van der Waals surface area contributed by atoms with Gasteiger partial charge in [0.1, 0.15) is 5.82 Å². The van der Waals surface area contributed by atoms with Crippen LogP contribution in [0.3, 0.4) is 0 Å². The van der Waals surface area contributed by atoms with Crippen LogP contribution in [-0.2, 0) is 0 Å². The molecule has 2 aromatic rings. The fraction of sp³-hybridized carbons (Fsp3) is 0.429. The number of carbonyl (C=O) groups excluding carboxylic acids is 1. The molecule has 0 aromatic carbocycles. The van der Waals surface area contributed by atoms with Crippen molar-refractivity contribution in [2.24, 2.45) is 0 Å². The molecule has 1 fully saturated rings. The van der Waals surface area contributed by atoms with Crippen LogP contribution in [0.1, 0.15) is 29.1 Å². The molecule has 110 valence electrons. The van der Waals surface area contributed by atoms with Crippen molar-refractivity contribution in [3.63, 3.8) is 0 Å². The summed E-state index contributed by atoms with van der Waals surface area (Å²) < 4.78 is 5.03. The van der Waals surface area contributed by atoms with E-state index in [9.17, 15) is 4.79 Å². The Kier molecular flexibility index (Phi) is 3.81. The third kappa shape index (κ3) is 3.18. The first-order chi connectivity index (χ1) is 10.2. The summed E-state index contributed by atoms with van der Waals surface area (Å²) in [5.74, 6) is 0.995. The Morgan fingerprint density at radius 1 is 1.43 bits per heavy atom. The summed E-state index contributed by atoms with van der Waals surface area (Å²) in [6.45, 7) is 3.18. The number of anilines is 1. The van der Waals surface area contributed by atoms with Gasteiger partial charge in [-0.1, -0.05) is 5.16 Å². The fourth-order valence-corrected chi connectivity index (χ4v) is 2.43. The summed E-state index contributed by atoms with van der Waals surface area (Å²) in [6, 6.07) is 5.72. The standard InChI is InChI=1S/C14H17N5O2/c1-10-9-12(21-18-10)14(20)19-7-4-11(5-8-19)16-13-3-2-6-15-17-13/h2-3,6,9,11H,4-5,7-8H2,1H3,(H,16,17). The van der Waals surface area contributed by atoms with Crippen molar-refractivity contribution in [3.8, 4) is 0 Å². The SMILES string of the molecule is Cc1cc(C(=O)N2CCC(Nc3cccnn3)CC2)on1. The number of hydrogen-bond acceptors (Lipinski definition) is 6. The first-order valence-electron chi connectivity index (χ1n) is 6.99. The minimum Gasteiger partial charge on any atom is -0.366 e. The molecule has 7 heteroatoms. The third-order valence-corrected chi connectivity index (χ3v) is 3.55. The molecule has 1 saturated heterocycles. The molecule has 0 unspecified atom stereocenters. The van der Waals surface area contributed by atoms with E-state index in [4.69, 9.17) is 4.52 Å². The Bertz CT molecular complexity index is 605. The number of aromatic nitrogens is 3. The predicted molar refractivity (Wildman–Crippen MR) is 75.8 cm³/mol. The molecular weight excluding hydrogens is 270 g/mol. The van der Waals surface area contributed by atoms with E-state index in [0.717, 1.165) is 24.4 Å². The van der Waals surface area contributed by atoms with Crippen LogP contribution in [0, 0.1) is 6.92 Å². The maximum Gasteiger partial charge on any atom is 0.292 e. The number of likely N-dealkylation sites (tertiary alicyclic amines) is 1. The lowest BCUT2D eigenvalue weighted by Gasteiger charge is -2.31. The lowest BCUT2D eigenvalue weighted by atomic mass is 10.0. The highest BCUT2D eigenvalue weighted by atomic mass is 16.5. The fourth-order valence-electron chi connectivity index (χ4n) is 2.43. The van der Waals surface area contributed by atoms with Crippen molar-refractivity contribution in [2.45, 2.75) is 25.8 Å². The van der Waals surface area contributed by atoms with Crippen LogP contribution < -0.4 is 5.32 Å². The predicted octanol–water partition coefficient (Wildman–Crippen LogP) is 1.49. The number of hydrogen-bond donors (Lipinski definition) is 1. The molecule has 0 saturated carbocycles. The second-order valence-corrected chi connectivity index (χ2v) is 5.15. The van der Waals surface area contributed by atoms with E-state index >= 15 is 0 Å². The number of rotatable bonds is 3. The smallest absolute Gasteiger partial charge is 0.292 e. The maximum absolute atomic E-state index is 12.2. The van der Waals surface area contributed by atoms with Crippen molar-refractivity contribution in [2.75, 3.05) is 18.4 Å². The van der Waals surface area contributed by atoms with Gasteiger partial charge < -0.3 is 14.7 Å². The molecule has 2 aromatic heterocycles. The summed E-state index contributed by atoms with van der Waals surface area (Å²) >= 11 is 0. The van der Waals surface area contributed by atoms with Gasteiger partial charge in [0.25, 0.3) is 5.91 Å². The second kappa shape index (κ2) is 5.90. The summed E-state index contributed by atoms with van der Waals surface area (Å²) in [5, 5.41) is 14.9. The number of nitrogens with zero attached hydrogens (tertiary/aromatic N) is 4. The Balaban J connectivity index is 1.54. The zero-order valence-corrected chi connectivity index (χ0v) is 11.8. The van der Waals surface area contributed by atoms with Crippen LogP contribution in [0.2, 0.25) is 0 Å². The van der Waals surface area contributed by atoms with Crippen molar-refractivity contribution in [1.29, 1.82) is 0 Å². The molecule has 1 aliphatic rings. The largest absolute Gasteiger partial charge is 0.366 e. The van der Waals surface area contributed by atoms with Gasteiger partial charge in [-0.25, -0.2) is 0 Å². The molecule has 21 heavy (non-hydrogen) atoms.